The summed E-state index contributed by atoms with van der Waals surface area (Å²) in [6.07, 6.45) is 5.11. The van der Waals surface area contributed by atoms with E-state index in [1.807, 2.05) is 18.2 Å². The Morgan fingerprint density at radius 2 is 1.77 bits per heavy atom. The van der Waals surface area contributed by atoms with Crippen LogP contribution in [0.25, 0.3) is 0 Å². The van der Waals surface area contributed by atoms with Crippen LogP contribution in [0.2, 0.25) is 10.0 Å². The van der Waals surface area contributed by atoms with Crippen molar-refractivity contribution in [2.24, 2.45) is 0 Å². The van der Waals surface area contributed by atoms with Crippen LogP contribution < -0.4 is 0 Å². The van der Waals surface area contributed by atoms with Crippen LogP contribution in [0, 0.1) is 0 Å². The molecule has 2 atom stereocenters. The summed E-state index contributed by atoms with van der Waals surface area (Å²) in [5.41, 5.74) is 0.900. The molecule has 0 amide bonds. The maximum absolute atomic E-state index is 6.25. The van der Waals surface area contributed by atoms with Gasteiger partial charge in [-0.1, -0.05) is 42.1 Å². The molecular formula is C17H23Cl2NO2. The van der Waals surface area contributed by atoms with Gasteiger partial charge in [-0.05, 0) is 25.0 Å². The van der Waals surface area contributed by atoms with Crippen LogP contribution >= 0.6 is 23.2 Å². The van der Waals surface area contributed by atoms with Crippen LogP contribution in [0.5, 0.6) is 0 Å². The Morgan fingerprint density at radius 1 is 1.09 bits per heavy atom. The molecule has 1 saturated carbocycles. The highest BCUT2D eigenvalue weighted by molar-refractivity contribution is 6.35. The smallest absolute Gasteiger partial charge is 0.0750 e. The van der Waals surface area contributed by atoms with Gasteiger partial charge in [-0.25, -0.2) is 0 Å². The van der Waals surface area contributed by atoms with E-state index in [2.05, 4.69) is 4.90 Å². The lowest BCUT2D eigenvalue weighted by atomic mass is 9.91. The molecule has 0 bridgehead atoms. The molecule has 1 aromatic rings. The first-order chi connectivity index (χ1) is 10.8. The maximum atomic E-state index is 6.25. The van der Waals surface area contributed by atoms with Gasteiger partial charge in [0.25, 0.3) is 0 Å². The Labute approximate surface area is 142 Å². The lowest BCUT2D eigenvalue weighted by molar-refractivity contribution is -0.0709. The topological polar surface area (TPSA) is 21.7 Å². The highest BCUT2D eigenvalue weighted by Crippen LogP contribution is 2.30. The summed E-state index contributed by atoms with van der Waals surface area (Å²) in [7, 11) is 0. The molecule has 1 aliphatic heterocycles. The lowest BCUT2D eigenvalue weighted by Crippen LogP contribution is -2.51. The number of benzene rings is 1. The predicted molar refractivity (Wildman–Crippen MR) is 89.7 cm³/mol. The van der Waals surface area contributed by atoms with Gasteiger partial charge in [0.05, 0.1) is 25.9 Å². The second-order valence-corrected chi connectivity index (χ2v) is 6.86. The second-order valence-electron chi connectivity index (χ2n) is 6.05. The van der Waals surface area contributed by atoms with Crippen LogP contribution in [-0.4, -0.2) is 43.3 Å². The van der Waals surface area contributed by atoms with Crippen LogP contribution in [0.1, 0.15) is 31.2 Å². The van der Waals surface area contributed by atoms with Crippen molar-refractivity contribution in [3.63, 3.8) is 0 Å². The molecule has 1 aliphatic carbocycles. The molecule has 2 aliphatic rings. The molecule has 0 spiro atoms. The maximum Gasteiger partial charge on any atom is 0.0750 e. The van der Waals surface area contributed by atoms with Gasteiger partial charge in [0.2, 0.25) is 0 Å². The summed E-state index contributed by atoms with van der Waals surface area (Å²) < 4.78 is 11.7. The first-order valence-corrected chi connectivity index (χ1v) is 8.87. The van der Waals surface area contributed by atoms with Gasteiger partial charge in [-0.2, -0.15) is 0 Å². The van der Waals surface area contributed by atoms with E-state index in [9.17, 15) is 0 Å². The first kappa shape index (κ1) is 16.5. The number of morpholine rings is 1. The normalized spacial score (nSPS) is 27.0. The Kier molecular flexibility index (Phi) is 6.00. The van der Waals surface area contributed by atoms with Crippen molar-refractivity contribution >= 4 is 23.2 Å². The average Bonchev–Trinajstić information content (AvgIpc) is 2.56. The zero-order chi connectivity index (χ0) is 15.4. The monoisotopic (exact) mass is 343 g/mol. The number of rotatable bonds is 4. The SMILES string of the molecule is Clc1cccc(Cl)c1COC1CCCCC1N1CCOCC1. The Bertz CT molecular complexity index is 471. The van der Waals surface area contributed by atoms with Crippen LogP contribution in [0.4, 0.5) is 0 Å². The van der Waals surface area contributed by atoms with Gasteiger partial charge in [0.15, 0.2) is 0 Å². The number of hydrogen-bond acceptors (Lipinski definition) is 3. The summed E-state index contributed by atoms with van der Waals surface area (Å²) in [6, 6.07) is 6.10. The van der Waals surface area contributed by atoms with Gasteiger partial charge in [0.1, 0.15) is 0 Å². The van der Waals surface area contributed by atoms with E-state index < -0.39 is 0 Å². The third-order valence-electron chi connectivity index (χ3n) is 4.69. The van der Waals surface area contributed by atoms with E-state index in [0.717, 1.165) is 38.3 Å². The van der Waals surface area contributed by atoms with Crippen molar-refractivity contribution in [1.29, 1.82) is 0 Å². The standard InChI is InChI=1S/C17H23Cl2NO2/c18-14-4-3-5-15(19)13(14)12-22-17-7-2-1-6-16(17)20-8-10-21-11-9-20/h3-5,16-17H,1-2,6-12H2. The van der Waals surface area contributed by atoms with Crippen LogP contribution in [0.15, 0.2) is 18.2 Å². The fourth-order valence-electron chi connectivity index (χ4n) is 3.46. The van der Waals surface area contributed by atoms with E-state index in [-0.39, 0.29) is 6.10 Å². The molecule has 22 heavy (non-hydrogen) atoms. The lowest BCUT2D eigenvalue weighted by Gasteiger charge is -2.41. The Morgan fingerprint density at radius 3 is 2.50 bits per heavy atom. The summed E-state index contributed by atoms with van der Waals surface area (Å²) >= 11 is 12.5. The van der Waals surface area contributed by atoms with Gasteiger partial charge in [-0.3, -0.25) is 4.90 Å². The van der Waals surface area contributed by atoms with E-state index in [0.29, 0.717) is 22.7 Å². The fraction of sp³-hybridized carbons (Fsp3) is 0.647. The average molecular weight is 344 g/mol. The molecule has 2 unspecified atom stereocenters. The minimum Gasteiger partial charge on any atom is -0.379 e. The minimum atomic E-state index is 0.263. The Hall–Kier alpha value is -0.320. The van der Waals surface area contributed by atoms with Gasteiger partial charge >= 0.3 is 0 Å². The molecule has 0 radical (unpaired) electrons. The van der Waals surface area contributed by atoms with E-state index >= 15 is 0 Å². The molecule has 0 aromatic heterocycles. The van der Waals surface area contributed by atoms with Crippen molar-refractivity contribution in [1.82, 2.24) is 4.90 Å². The summed E-state index contributed by atoms with van der Waals surface area (Å²) in [4.78, 5) is 2.53. The molecule has 5 heteroatoms. The molecule has 1 aromatic carbocycles. The number of hydrogen-bond donors (Lipinski definition) is 0. The van der Waals surface area contributed by atoms with E-state index in [4.69, 9.17) is 32.7 Å². The molecule has 1 heterocycles. The van der Waals surface area contributed by atoms with Gasteiger partial charge in [0, 0.05) is 34.7 Å². The molecule has 2 fully saturated rings. The quantitative estimate of drug-likeness (QED) is 0.819. The fourth-order valence-corrected chi connectivity index (χ4v) is 3.97. The minimum absolute atomic E-state index is 0.263. The number of halogens is 2. The van der Waals surface area contributed by atoms with E-state index in [1.165, 1.54) is 19.3 Å². The van der Waals surface area contributed by atoms with E-state index in [1.54, 1.807) is 0 Å². The third kappa shape index (κ3) is 3.95. The Balaban J connectivity index is 1.64. The van der Waals surface area contributed by atoms with Crippen molar-refractivity contribution in [3.8, 4) is 0 Å². The first-order valence-electron chi connectivity index (χ1n) is 8.12. The van der Waals surface area contributed by atoms with Gasteiger partial charge in [-0.15, -0.1) is 0 Å². The zero-order valence-corrected chi connectivity index (χ0v) is 14.3. The van der Waals surface area contributed by atoms with Crippen molar-refractivity contribution < 1.29 is 9.47 Å². The molecule has 122 valence electrons. The molecular weight excluding hydrogens is 321 g/mol. The number of ether oxygens (including phenoxy) is 2. The second kappa shape index (κ2) is 7.98. The highest BCUT2D eigenvalue weighted by Gasteiger charge is 2.31. The zero-order valence-electron chi connectivity index (χ0n) is 12.8. The van der Waals surface area contributed by atoms with Crippen LogP contribution in [-0.2, 0) is 16.1 Å². The third-order valence-corrected chi connectivity index (χ3v) is 5.39. The summed E-state index contributed by atoms with van der Waals surface area (Å²) in [6.45, 7) is 4.18. The van der Waals surface area contributed by atoms with Crippen LogP contribution in [0.3, 0.4) is 0 Å². The summed E-state index contributed by atoms with van der Waals surface area (Å²) in [5, 5.41) is 1.37. The van der Waals surface area contributed by atoms with Gasteiger partial charge < -0.3 is 9.47 Å². The number of nitrogens with zero attached hydrogens (tertiary/aromatic N) is 1. The molecule has 3 rings (SSSR count). The van der Waals surface area contributed by atoms with Crippen molar-refractivity contribution in [3.05, 3.63) is 33.8 Å². The summed E-state index contributed by atoms with van der Waals surface area (Å²) in [5.74, 6) is 0. The molecule has 0 N–H and O–H groups in total. The predicted octanol–water partition coefficient (Wildman–Crippen LogP) is 4.15. The van der Waals surface area contributed by atoms with Crippen molar-refractivity contribution in [2.75, 3.05) is 26.3 Å². The van der Waals surface area contributed by atoms with Crippen molar-refractivity contribution in [2.45, 2.75) is 44.4 Å². The molecule has 1 saturated heterocycles. The highest BCUT2D eigenvalue weighted by atomic mass is 35.5. The molecule has 3 nitrogen and oxygen atoms in total. The largest absolute Gasteiger partial charge is 0.379 e.